The fraction of sp³-hybridized carbons (Fsp3) is 0.455. The number of ether oxygens (including phenoxy) is 3. The molecule has 1 N–H and O–H groups in total. The summed E-state index contributed by atoms with van der Waals surface area (Å²) < 4.78 is 16.6. The Hall–Kier alpha value is -2.20. The lowest BCUT2D eigenvalue weighted by Gasteiger charge is -2.19. The fourth-order valence-electron chi connectivity index (χ4n) is 3.18. The number of methoxy groups -OCH3 is 3. The van der Waals surface area contributed by atoms with Gasteiger partial charge in [-0.3, -0.25) is 0 Å². The molecule has 26 heavy (non-hydrogen) atoms. The van der Waals surface area contributed by atoms with Gasteiger partial charge in [-0.25, -0.2) is 0 Å². The molecule has 0 saturated heterocycles. The van der Waals surface area contributed by atoms with E-state index >= 15 is 0 Å². The second kappa shape index (κ2) is 10.1. The van der Waals surface area contributed by atoms with Crippen LogP contribution < -0.4 is 19.5 Å². The maximum Gasteiger partial charge on any atom is 0.123 e. The van der Waals surface area contributed by atoms with Crippen molar-refractivity contribution >= 4 is 0 Å². The SMILES string of the molecule is CCCc1cc(OC)c(CC(C)NCc2ccccc2OC)cc1OC. The molecular formula is C22H31NO3. The number of para-hydroxylation sites is 1. The second-order valence-corrected chi connectivity index (χ2v) is 6.52. The van der Waals surface area contributed by atoms with E-state index < -0.39 is 0 Å². The number of benzene rings is 2. The fourth-order valence-corrected chi connectivity index (χ4v) is 3.18. The monoisotopic (exact) mass is 357 g/mol. The highest BCUT2D eigenvalue weighted by atomic mass is 16.5. The molecule has 0 aliphatic heterocycles. The Balaban J connectivity index is 2.09. The molecule has 0 aliphatic rings. The molecule has 2 aromatic rings. The average molecular weight is 357 g/mol. The van der Waals surface area contributed by atoms with Crippen LogP contribution in [-0.4, -0.2) is 27.4 Å². The van der Waals surface area contributed by atoms with Crippen LogP contribution in [0.4, 0.5) is 0 Å². The van der Waals surface area contributed by atoms with Crippen LogP contribution in [-0.2, 0) is 19.4 Å². The van der Waals surface area contributed by atoms with Crippen molar-refractivity contribution < 1.29 is 14.2 Å². The summed E-state index contributed by atoms with van der Waals surface area (Å²) in [6, 6.07) is 12.6. The zero-order valence-electron chi connectivity index (χ0n) is 16.6. The summed E-state index contributed by atoms with van der Waals surface area (Å²) in [4.78, 5) is 0. The topological polar surface area (TPSA) is 39.7 Å². The molecule has 2 aromatic carbocycles. The standard InChI is InChI=1S/C22H31NO3/c1-6-9-17-13-22(26-5)19(14-21(17)25-4)12-16(2)23-15-18-10-7-8-11-20(18)24-3/h7-8,10-11,13-14,16,23H,6,9,12,15H2,1-5H3. The van der Waals surface area contributed by atoms with Crippen molar-refractivity contribution in [1.82, 2.24) is 5.32 Å². The first kappa shape index (κ1) is 20.1. The van der Waals surface area contributed by atoms with Crippen LogP contribution >= 0.6 is 0 Å². The normalized spacial score (nSPS) is 11.9. The number of aryl methyl sites for hydroxylation is 1. The highest BCUT2D eigenvalue weighted by Crippen LogP contribution is 2.30. The van der Waals surface area contributed by atoms with Gasteiger partial charge in [-0.05, 0) is 49.1 Å². The van der Waals surface area contributed by atoms with E-state index in [2.05, 4.69) is 37.4 Å². The van der Waals surface area contributed by atoms with Crippen molar-refractivity contribution in [1.29, 1.82) is 0 Å². The Morgan fingerprint density at radius 1 is 0.846 bits per heavy atom. The molecular weight excluding hydrogens is 326 g/mol. The first-order chi connectivity index (χ1) is 12.6. The molecule has 0 saturated carbocycles. The van der Waals surface area contributed by atoms with Gasteiger partial charge in [-0.15, -0.1) is 0 Å². The van der Waals surface area contributed by atoms with Gasteiger partial charge < -0.3 is 19.5 Å². The van der Waals surface area contributed by atoms with Crippen LogP contribution in [0.5, 0.6) is 17.2 Å². The van der Waals surface area contributed by atoms with Gasteiger partial charge in [-0.2, -0.15) is 0 Å². The lowest BCUT2D eigenvalue weighted by Crippen LogP contribution is -2.28. The van der Waals surface area contributed by atoms with Crippen LogP contribution in [0.15, 0.2) is 36.4 Å². The molecule has 2 rings (SSSR count). The smallest absolute Gasteiger partial charge is 0.123 e. The number of rotatable bonds is 10. The minimum absolute atomic E-state index is 0.288. The van der Waals surface area contributed by atoms with E-state index in [1.165, 1.54) is 5.56 Å². The molecule has 1 atom stereocenters. The van der Waals surface area contributed by atoms with Gasteiger partial charge in [0, 0.05) is 18.2 Å². The van der Waals surface area contributed by atoms with Gasteiger partial charge >= 0.3 is 0 Å². The quantitative estimate of drug-likeness (QED) is 0.685. The van der Waals surface area contributed by atoms with Gasteiger partial charge in [-0.1, -0.05) is 31.5 Å². The molecule has 0 fully saturated rings. The number of hydrogen-bond donors (Lipinski definition) is 1. The predicted molar refractivity (Wildman–Crippen MR) is 107 cm³/mol. The molecule has 0 aromatic heterocycles. The Morgan fingerprint density at radius 2 is 1.46 bits per heavy atom. The summed E-state index contributed by atoms with van der Waals surface area (Å²) in [6.45, 7) is 5.11. The second-order valence-electron chi connectivity index (χ2n) is 6.52. The van der Waals surface area contributed by atoms with E-state index in [1.807, 2.05) is 18.2 Å². The first-order valence-corrected chi connectivity index (χ1v) is 9.21. The summed E-state index contributed by atoms with van der Waals surface area (Å²) >= 11 is 0. The third-order valence-corrected chi connectivity index (χ3v) is 4.56. The molecule has 0 radical (unpaired) electrons. The van der Waals surface area contributed by atoms with Crippen molar-refractivity contribution in [2.24, 2.45) is 0 Å². The predicted octanol–water partition coefficient (Wildman–Crippen LogP) is 4.39. The summed E-state index contributed by atoms with van der Waals surface area (Å²) in [5.74, 6) is 2.79. The number of nitrogens with one attached hydrogen (secondary N) is 1. The van der Waals surface area contributed by atoms with Crippen molar-refractivity contribution in [3.05, 3.63) is 53.1 Å². The van der Waals surface area contributed by atoms with Gasteiger partial charge in [0.1, 0.15) is 17.2 Å². The summed E-state index contributed by atoms with van der Waals surface area (Å²) in [6.07, 6.45) is 2.93. The van der Waals surface area contributed by atoms with Crippen molar-refractivity contribution in [2.75, 3.05) is 21.3 Å². The highest BCUT2D eigenvalue weighted by Gasteiger charge is 2.14. The van der Waals surface area contributed by atoms with Crippen molar-refractivity contribution in [2.45, 2.75) is 45.7 Å². The van der Waals surface area contributed by atoms with Gasteiger partial charge in [0.25, 0.3) is 0 Å². The molecule has 1 unspecified atom stereocenters. The third-order valence-electron chi connectivity index (χ3n) is 4.56. The lowest BCUT2D eigenvalue weighted by atomic mass is 10.0. The van der Waals surface area contributed by atoms with E-state index in [4.69, 9.17) is 14.2 Å². The summed E-state index contributed by atoms with van der Waals surface area (Å²) in [5.41, 5.74) is 3.51. The Bertz CT molecular complexity index is 700. The Kier molecular flexibility index (Phi) is 7.79. The zero-order chi connectivity index (χ0) is 18.9. The van der Waals surface area contributed by atoms with Crippen LogP contribution in [0.25, 0.3) is 0 Å². The van der Waals surface area contributed by atoms with Crippen LogP contribution in [0, 0.1) is 0 Å². The molecule has 0 bridgehead atoms. The maximum atomic E-state index is 5.63. The Morgan fingerprint density at radius 3 is 2.12 bits per heavy atom. The van der Waals surface area contributed by atoms with E-state index in [0.717, 1.165) is 54.2 Å². The zero-order valence-corrected chi connectivity index (χ0v) is 16.6. The molecule has 142 valence electrons. The molecule has 4 nitrogen and oxygen atoms in total. The van der Waals surface area contributed by atoms with E-state index in [1.54, 1.807) is 21.3 Å². The molecule has 0 amide bonds. The van der Waals surface area contributed by atoms with Crippen molar-refractivity contribution in [3.63, 3.8) is 0 Å². The van der Waals surface area contributed by atoms with E-state index in [-0.39, 0.29) is 6.04 Å². The minimum atomic E-state index is 0.288. The molecule has 0 aliphatic carbocycles. The van der Waals surface area contributed by atoms with Gasteiger partial charge in [0.15, 0.2) is 0 Å². The summed E-state index contributed by atoms with van der Waals surface area (Å²) in [5, 5.41) is 3.57. The molecule has 0 spiro atoms. The van der Waals surface area contributed by atoms with Crippen LogP contribution in [0.1, 0.15) is 37.0 Å². The van der Waals surface area contributed by atoms with E-state index in [0.29, 0.717) is 0 Å². The number of hydrogen-bond acceptors (Lipinski definition) is 4. The maximum absolute atomic E-state index is 5.63. The molecule has 4 heteroatoms. The van der Waals surface area contributed by atoms with Crippen molar-refractivity contribution in [3.8, 4) is 17.2 Å². The van der Waals surface area contributed by atoms with Gasteiger partial charge in [0.05, 0.1) is 21.3 Å². The largest absolute Gasteiger partial charge is 0.496 e. The third kappa shape index (κ3) is 5.15. The van der Waals surface area contributed by atoms with Crippen LogP contribution in [0.2, 0.25) is 0 Å². The van der Waals surface area contributed by atoms with Crippen LogP contribution in [0.3, 0.4) is 0 Å². The first-order valence-electron chi connectivity index (χ1n) is 9.21. The summed E-state index contributed by atoms with van der Waals surface area (Å²) in [7, 11) is 5.17. The van der Waals surface area contributed by atoms with E-state index in [9.17, 15) is 0 Å². The Labute approximate surface area is 157 Å². The molecule has 0 heterocycles. The highest BCUT2D eigenvalue weighted by molar-refractivity contribution is 5.47. The lowest BCUT2D eigenvalue weighted by molar-refractivity contribution is 0.391. The minimum Gasteiger partial charge on any atom is -0.496 e. The van der Waals surface area contributed by atoms with Gasteiger partial charge in [0.2, 0.25) is 0 Å². The average Bonchev–Trinajstić information content (AvgIpc) is 2.67.